The van der Waals surface area contributed by atoms with E-state index in [1.165, 1.54) is 0 Å². The molecule has 0 spiro atoms. The number of aromatic nitrogens is 6. The van der Waals surface area contributed by atoms with Gasteiger partial charge < -0.3 is 5.11 Å². The molecule has 1 saturated heterocycles. The Morgan fingerprint density at radius 3 is 3.05 bits per heavy atom. The van der Waals surface area contributed by atoms with Gasteiger partial charge in [-0.15, -0.1) is 0 Å². The lowest BCUT2D eigenvalue weighted by Crippen LogP contribution is -2.23. The fraction of sp³-hybridized carbons (Fsp3) is 0.615. The lowest BCUT2D eigenvalue weighted by atomic mass is 9.91. The molecule has 3 heterocycles. The number of carbonyl (C=O) groups is 1. The van der Waals surface area contributed by atoms with Crippen molar-refractivity contribution in [2.24, 2.45) is 5.92 Å². The normalized spacial score (nSPS) is 22.2. The van der Waals surface area contributed by atoms with Crippen LogP contribution in [0.1, 0.15) is 30.8 Å². The molecule has 9 heteroatoms. The molecule has 22 heavy (non-hydrogen) atoms. The van der Waals surface area contributed by atoms with Gasteiger partial charge in [0.2, 0.25) is 0 Å². The Kier molecular flexibility index (Phi) is 4.14. The van der Waals surface area contributed by atoms with Crippen LogP contribution >= 0.6 is 0 Å². The van der Waals surface area contributed by atoms with E-state index in [9.17, 15) is 4.79 Å². The molecule has 1 aliphatic rings. The van der Waals surface area contributed by atoms with Crippen molar-refractivity contribution in [2.75, 3.05) is 13.1 Å². The van der Waals surface area contributed by atoms with Gasteiger partial charge in [0.25, 0.3) is 0 Å². The lowest BCUT2D eigenvalue weighted by Gasteiger charge is -2.15. The van der Waals surface area contributed by atoms with E-state index in [2.05, 4.69) is 30.4 Å². The number of likely N-dealkylation sites (tertiary alicyclic amines) is 1. The first-order valence-electron chi connectivity index (χ1n) is 7.33. The van der Waals surface area contributed by atoms with Crippen LogP contribution in [0.2, 0.25) is 0 Å². The molecule has 3 rings (SSSR count). The minimum absolute atomic E-state index is 0.0283. The average molecular weight is 305 g/mol. The van der Waals surface area contributed by atoms with Crippen molar-refractivity contribution in [3.8, 4) is 0 Å². The molecule has 9 nitrogen and oxygen atoms in total. The zero-order valence-electron chi connectivity index (χ0n) is 12.4. The van der Waals surface area contributed by atoms with E-state index in [4.69, 9.17) is 5.11 Å². The SMILES string of the molecule is CCn1ncnc1CN1C[C@@H](CC(=O)O)[C@@H](c2cn[nH]n2)C1. The largest absolute Gasteiger partial charge is 0.481 e. The number of hydrogen-bond acceptors (Lipinski definition) is 6. The molecule has 2 aromatic rings. The summed E-state index contributed by atoms with van der Waals surface area (Å²) >= 11 is 0. The number of hydrogen-bond donors (Lipinski definition) is 2. The number of carboxylic acids is 1. The topological polar surface area (TPSA) is 113 Å². The van der Waals surface area contributed by atoms with Gasteiger partial charge in [0.1, 0.15) is 12.2 Å². The monoisotopic (exact) mass is 305 g/mol. The van der Waals surface area contributed by atoms with Gasteiger partial charge in [0.15, 0.2) is 0 Å². The van der Waals surface area contributed by atoms with E-state index in [0.717, 1.165) is 24.6 Å². The van der Waals surface area contributed by atoms with Crippen molar-refractivity contribution in [2.45, 2.75) is 32.4 Å². The molecule has 2 aromatic heterocycles. The molecule has 118 valence electrons. The third-order valence-corrected chi connectivity index (χ3v) is 4.13. The van der Waals surface area contributed by atoms with E-state index in [1.54, 1.807) is 12.5 Å². The first kappa shape index (κ1) is 14.6. The van der Waals surface area contributed by atoms with Crippen molar-refractivity contribution in [1.82, 2.24) is 35.1 Å². The van der Waals surface area contributed by atoms with Gasteiger partial charge >= 0.3 is 5.97 Å². The standard InChI is InChI=1S/C13H19N7O2/c1-2-20-12(14-8-16-20)7-19-5-9(3-13(21)22)10(6-19)11-4-15-18-17-11/h4,8-10H,2-3,5-7H2,1H3,(H,21,22)(H,15,17,18)/t9-,10+/m1/s1. The summed E-state index contributed by atoms with van der Waals surface area (Å²) in [5, 5.41) is 23.9. The van der Waals surface area contributed by atoms with Crippen molar-refractivity contribution < 1.29 is 9.90 Å². The van der Waals surface area contributed by atoms with E-state index in [1.807, 2.05) is 11.6 Å². The van der Waals surface area contributed by atoms with Gasteiger partial charge in [-0.2, -0.15) is 20.5 Å². The van der Waals surface area contributed by atoms with Crippen molar-refractivity contribution >= 4 is 5.97 Å². The fourth-order valence-corrected chi connectivity index (χ4v) is 3.12. The van der Waals surface area contributed by atoms with Crippen molar-refractivity contribution in [3.05, 3.63) is 24.0 Å². The minimum atomic E-state index is -0.780. The number of nitrogens with one attached hydrogen (secondary N) is 1. The first-order chi connectivity index (χ1) is 10.7. The molecule has 1 fully saturated rings. The molecular formula is C13H19N7O2. The Morgan fingerprint density at radius 2 is 2.36 bits per heavy atom. The smallest absolute Gasteiger partial charge is 0.303 e. The van der Waals surface area contributed by atoms with Gasteiger partial charge in [0, 0.05) is 25.6 Å². The van der Waals surface area contributed by atoms with E-state index >= 15 is 0 Å². The maximum atomic E-state index is 11.1. The summed E-state index contributed by atoms with van der Waals surface area (Å²) in [6, 6.07) is 0. The van der Waals surface area contributed by atoms with Crippen molar-refractivity contribution in [3.63, 3.8) is 0 Å². The molecule has 0 unspecified atom stereocenters. The summed E-state index contributed by atoms with van der Waals surface area (Å²) in [6.45, 7) is 4.92. The lowest BCUT2D eigenvalue weighted by molar-refractivity contribution is -0.138. The van der Waals surface area contributed by atoms with Crippen LogP contribution in [0.25, 0.3) is 0 Å². The highest BCUT2D eigenvalue weighted by Gasteiger charge is 2.36. The number of aromatic amines is 1. The Morgan fingerprint density at radius 1 is 1.50 bits per heavy atom. The van der Waals surface area contributed by atoms with Gasteiger partial charge in [-0.1, -0.05) is 0 Å². The highest BCUT2D eigenvalue weighted by molar-refractivity contribution is 5.67. The van der Waals surface area contributed by atoms with Gasteiger partial charge in [-0.05, 0) is 12.8 Å². The molecule has 0 amide bonds. The zero-order chi connectivity index (χ0) is 15.5. The van der Waals surface area contributed by atoms with Crippen LogP contribution in [0.15, 0.2) is 12.5 Å². The Bertz CT molecular complexity index is 624. The maximum absolute atomic E-state index is 11.1. The highest BCUT2D eigenvalue weighted by atomic mass is 16.4. The molecule has 0 aromatic carbocycles. The van der Waals surface area contributed by atoms with Crippen molar-refractivity contribution in [1.29, 1.82) is 0 Å². The fourth-order valence-electron chi connectivity index (χ4n) is 3.12. The van der Waals surface area contributed by atoms with E-state index in [-0.39, 0.29) is 18.3 Å². The minimum Gasteiger partial charge on any atom is -0.481 e. The Labute approximate surface area is 127 Å². The predicted octanol–water partition coefficient (Wildman–Crippen LogP) is 0.106. The van der Waals surface area contributed by atoms with Gasteiger partial charge in [-0.25, -0.2) is 9.67 Å². The van der Waals surface area contributed by atoms with Crippen LogP contribution in [0.4, 0.5) is 0 Å². The third-order valence-electron chi connectivity index (χ3n) is 4.13. The number of aryl methyl sites for hydroxylation is 1. The molecule has 0 saturated carbocycles. The van der Waals surface area contributed by atoms with Crippen LogP contribution < -0.4 is 0 Å². The van der Waals surface area contributed by atoms with E-state index < -0.39 is 5.97 Å². The zero-order valence-corrected chi connectivity index (χ0v) is 12.4. The van der Waals surface area contributed by atoms with Gasteiger partial charge in [-0.3, -0.25) is 9.69 Å². The summed E-state index contributed by atoms with van der Waals surface area (Å²) in [7, 11) is 0. The van der Waals surface area contributed by atoms with Crippen LogP contribution in [-0.4, -0.2) is 59.2 Å². The van der Waals surface area contributed by atoms with Crippen LogP contribution in [0.3, 0.4) is 0 Å². The summed E-state index contributed by atoms with van der Waals surface area (Å²) in [6.07, 6.45) is 3.37. The predicted molar refractivity (Wildman–Crippen MR) is 75.8 cm³/mol. The third kappa shape index (κ3) is 2.98. The number of carboxylic acid groups (broad SMARTS) is 1. The molecule has 0 aliphatic carbocycles. The second kappa shape index (κ2) is 6.22. The van der Waals surface area contributed by atoms with Crippen LogP contribution in [0.5, 0.6) is 0 Å². The van der Waals surface area contributed by atoms with E-state index in [0.29, 0.717) is 13.1 Å². The number of aliphatic carboxylic acids is 1. The second-order valence-electron chi connectivity index (χ2n) is 5.55. The highest BCUT2D eigenvalue weighted by Crippen LogP contribution is 2.34. The van der Waals surface area contributed by atoms with Crippen LogP contribution in [-0.2, 0) is 17.9 Å². The molecule has 0 radical (unpaired) electrons. The van der Waals surface area contributed by atoms with Crippen LogP contribution in [0, 0.1) is 5.92 Å². The number of nitrogens with zero attached hydrogens (tertiary/aromatic N) is 6. The Hall–Kier alpha value is -2.29. The molecule has 2 N–H and O–H groups in total. The second-order valence-corrected chi connectivity index (χ2v) is 5.55. The quantitative estimate of drug-likeness (QED) is 0.778. The van der Waals surface area contributed by atoms with Gasteiger partial charge in [0.05, 0.1) is 24.9 Å². The summed E-state index contributed by atoms with van der Waals surface area (Å²) in [4.78, 5) is 17.6. The number of H-pyrrole nitrogens is 1. The summed E-state index contributed by atoms with van der Waals surface area (Å²) in [5.74, 6) is 0.225. The molecule has 0 bridgehead atoms. The molecule has 2 atom stereocenters. The summed E-state index contributed by atoms with van der Waals surface area (Å²) < 4.78 is 1.86. The molecule has 1 aliphatic heterocycles. The maximum Gasteiger partial charge on any atom is 0.303 e. The number of rotatable bonds is 6. The Balaban J connectivity index is 1.73. The first-order valence-corrected chi connectivity index (χ1v) is 7.33. The average Bonchev–Trinajstić information content (AvgIpc) is 3.19. The summed E-state index contributed by atoms with van der Waals surface area (Å²) in [5.41, 5.74) is 0.825. The molecular weight excluding hydrogens is 286 g/mol.